The first-order valence-corrected chi connectivity index (χ1v) is 6.12. The average Bonchev–Trinajstić information content (AvgIpc) is 2.47. The van der Waals surface area contributed by atoms with E-state index >= 15 is 0 Å². The summed E-state index contributed by atoms with van der Waals surface area (Å²) in [5.74, 6) is 0.745. The van der Waals surface area contributed by atoms with Crippen molar-refractivity contribution in [2.24, 2.45) is 0 Å². The minimum absolute atomic E-state index is 0.0125. The van der Waals surface area contributed by atoms with Gasteiger partial charge in [0, 0.05) is 11.6 Å². The van der Waals surface area contributed by atoms with Crippen LogP contribution in [0.5, 0.6) is 11.5 Å². The molecule has 0 aromatic heterocycles. The number of aliphatic hydroxyl groups is 1. The van der Waals surface area contributed by atoms with Crippen LogP contribution >= 0.6 is 0 Å². The van der Waals surface area contributed by atoms with E-state index in [1.807, 2.05) is 6.07 Å². The number of nitriles is 1. The predicted molar refractivity (Wildman–Crippen MR) is 75.0 cm³/mol. The predicted octanol–water partition coefficient (Wildman–Crippen LogP) is 3.06. The van der Waals surface area contributed by atoms with E-state index in [1.54, 1.807) is 25.1 Å². The van der Waals surface area contributed by atoms with Gasteiger partial charge in [-0.3, -0.25) is 10.1 Å². The fourth-order valence-corrected chi connectivity index (χ4v) is 1.88. The van der Waals surface area contributed by atoms with E-state index in [0.717, 1.165) is 0 Å². The highest BCUT2D eigenvalue weighted by Crippen LogP contribution is 2.29. The van der Waals surface area contributed by atoms with Gasteiger partial charge in [-0.25, -0.2) is 0 Å². The Bertz CT molecular complexity index is 735. The molecule has 0 bridgehead atoms. The molecule has 1 N–H and O–H groups in total. The third-order valence-electron chi connectivity index (χ3n) is 2.94. The van der Waals surface area contributed by atoms with Crippen molar-refractivity contribution in [3.05, 3.63) is 63.2 Å². The summed E-state index contributed by atoms with van der Waals surface area (Å²) >= 11 is 0. The molecular weight excluding hydrogens is 272 g/mol. The van der Waals surface area contributed by atoms with Crippen molar-refractivity contribution in [2.75, 3.05) is 0 Å². The highest BCUT2D eigenvalue weighted by molar-refractivity contribution is 5.49. The molecule has 2 rings (SSSR count). The number of hydrogen-bond donors (Lipinski definition) is 1. The lowest BCUT2D eigenvalue weighted by Crippen LogP contribution is -1.94. The van der Waals surface area contributed by atoms with Gasteiger partial charge in [-0.2, -0.15) is 5.26 Å². The van der Waals surface area contributed by atoms with Crippen molar-refractivity contribution in [2.45, 2.75) is 13.5 Å². The van der Waals surface area contributed by atoms with Crippen molar-refractivity contribution in [1.82, 2.24) is 0 Å². The van der Waals surface area contributed by atoms with Gasteiger partial charge in [0.25, 0.3) is 5.69 Å². The van der Waals surface area contributed by atoms with E-state index < -0.39 is 4.92 Å². The number of rotatable bonds is 4. The topological polar surface area (TPSA) is 96.4 Å². The summed E-state index contributed by atoms with van der Waals surface area (Å²) in [6.07, 6.45) is 0. The molecule has 0 unspecified atom stereocenters. The molecule has 21 heavy (non-hydrogen) atoms. The van der Waals surface area contributed by atoms with Crippen molar-refractivity contribution in [3.63, 3.8) is 0 Å². The Kier molecular flexibility index (Phi) is 4.16. The van der Waals surface area contributed by atoms with Crippen LogP contribution in [-0.2, 0) is 6.61 Å². The van der Waals surface area contributed by atoms with Gasteiger partial charge in [-0.05, 0) is 36.8 Å². The number of nitrogens with zero attached hydrogens (tertiary/aromatic N) is 2. The van der Waals surface area contributed by atoms with Crippen molar-refractivity contribution >= 4 is 5.69 Å². The van der Waals surface area contributed by atoms with Crippen molar-refractivity contribution in [1.29, 1.82) is 5.26 Å². The summed E-state index contributed by atoms with van der Waals surface area (Å²) in [5.41, 5.74) is 1.39. The maximum atomic E-state index is 10.8. The van der Waals surface area contributed by atoms with Gasteiger partial charge in [0.05, 0.1) is 17.1 Å². The average molecular weight is 284 g/mol. The summed E-state index contributed by atoms with van der Waals surface area (Å²) < 4.78 is 5.59. The number of aryl methyl sites for hydroxylation is 1. The molecule has 6 nitrogen and oxygen atoms in total. The maximum Gasteiger partial charge on any atom is 0.272 e. The highest BCUT2D eigenvalue weighted by atomic mass is 16.6. The second-order valence-electron chi connectivity index (χ2n) is 4.41. The molecular formula is C15H12N2O4. The van der Waals surface area contributed by atoms with Crippen LogP contribution in [0.2, 0.25) is 0 Å². The molecule has 0 heterocycles. The number of benzene rings is 2. The first-order valence-electron chi connectivity index (χ1n) is 6.12. The molecule has 0 amide bonds. The van der Waals surface area contributed by atoms with Gasteiger partial charge in [0.15, 0.2) is 0 Å². The van der Waals surface area contributed by atoms with Gasteiger partial charge in [-0.1, -0.05) is 6.07 Å². The van der Waals surface area contributed by atoms with Crippen LogP contribution in [0.1, 0.15) is 16.7 Å². The molecule has 0 aliphatic heterocycles. The lowest BCUT2D eigenvalue weighted by Gasteiger charge is -2.09. The summed E-state index contributed by atoms with van der Waals surface area (Å²) in [5, 5.41) is 28.9. The van der Waals surface area contributed by atoms with Gasteiger partial charge < -0.3 is 9.84 Å². The zero-order valence-electron chi connectivity index (χ0n) is 11.2. The molecule has 0 aliphatic carbocycles. The number of nitro benzene ring substituents is 1. The fraction of sp³-hybridized carbons (Fsp3) is 0.133. The quantitative estimate of drug-likeness (QED) is 0.687. The Labute approximate surface area is 121 Å². The highest BCUT2D eigenvalue weighted by Gasteiger charge is 2.12. The lowest BCUT2D eigenvalue weighted by molar-refractivity contribution is -0.385. The first kappa shape index (κ1) is 14.5. The maximum absolute atomic E-state index is 10.8. The Hall–Kier alpha value is -2.91. The molecule has 0 aliphatic rings. The largest absolute Gasteiger partial charge is 0.456 e. The standard InChI is InChI=1S/C15H12N2O4/c1-10-6-13(3-4-14(10)17(19)20)21-15-5-2-11(9-18)7-12(15)8-16/h2-7,18H,9H2,1H3. The molecule has 0 spiro atoms. The normalized spacial score (nSPS) is 9.95. The summed E-state index contributed by atoms with van der Waals surface area (Å²) in [4.78, 5) is 10.3. The number of aliphatic hydroxyl groups excluding tert-OH is 1. The zero-order valence-corrected chi connectivity index (χ0v) is 11.2. The van der Waals surface area contributed by atoms with E-state index in [9.17, 15) is 10.1 Å². The molecule has 0 radical (unpaired) electrons. The van der Waals surface area contributed by atoms with E-state index in [2.05, 4.69) is 0 Å². The smallest absolute Gasteiger partial charge is 0.272 e. The van der Waals surface area contributed by atoms with Crippen LogP contribution in [0, 0.1) is 28.4 Å². The van der Waals surface area contributed by atoms with Crippen LogP contribution in [0.15, 0.2) is 36.4 Å². The zero-order chi connectivity index (χ0) is 15.4. The molecule has 0 fully saturated rings. The molecule has 2 aromatic rings. The van der Waals surface area contributed by atoms with Crippen LogP contribution in [0.3, 0.4) is 0 Å². The molecule has 2 aromatic carbocycles. The third kappa shape index (κ3) is 3.16. The summed E-state index contributed by atoms with van der Waals surface area (Å²) in [7, 11) is 0. The minimum Gasteiger partial charge on any atom is -0.456 e. The Morgan fingerprint density at radius 3 is 2.67 bits per heavy atom. The first-order chi connectivity index (χ1) is 10.0. The monoisotopic (exact) mass is 284 g/mol. The second kappa shape index (κ2) is 6.03. The van der Waals surface area contributed by atoms with E-state index in [0.29, 0.717) is 22.6 Å². The van der Waals surface area contributed by atoms with E-state index in [4.69, 9.17) is 15.1 Å². The Morgan fingerprint density at radius 1 is 1.33 bits per heavy atom. The summed E-state index contributed by atoms with van der Waals surface area (Å²) in [6, 6.07) is 11.1. The SMILES string of the molecule is Cc1cc(Oc2ccc(CO)cc2C#N)ccc1[N+](=O)[O-]. The second-order valence-corrected chi connectivity index (χ2v) is 4.41. The van der Waals surface area contributed by atoms with Crippen LogP contribution in [-0.4, -0.2) is 10.0 Å². The van der Waals surface area contributed by atoms with E-state index in [1.165, 1.54) is 18.2 Å². The van der Waals surface area contributed by atoms with Gasteiger partial charge in [-0.15, -0.1) is 0 Å². The third-order valence-corrected chi connectivity index (χ3v) is 2.94. The van der Waals surface area contributed by atoms with Crippen LogP contribution in [0.4, 0.5) is 5.69 Å². The molecule has 0 atom stereocenters. The summed E-state index contributed by atoms with van der Waals surface area (Å²) in [6.45, 7) is 1.46. The van der Waals surface area contributed by atoms with Crippen LogP contribution < -0.4 is 4.74 Å². The fourth-order valence-electron chi connectivity index (χ4n) is 1.88. The lowest BCUT2D eigenvalue weighted by atomic mass is 10.1. The molecule has 0 saturated heterocycles. The minimum atomic E-state index is -0.462. The number of hydrogen-bond acceptors (Lipinski definition) is 5. The van der Waals surface area contributed by atoms with Gasteiger partial charge in [0.2, 0.25) is 0 Å². The van der Waals surface area contributed by atoms with Gasteiger partial charge in [0.1, 0.15) is 17.6 Å². The number of ether oxygens (including phenoxy) is 1. The van der Waals surface area contributed by atoms with Gasteiger partial charge >= 0.3 is 0 Å². The number of nitro groups is 1. The molecule has 6 heteroatoms. The van der Waals surface area contributed by atoms with E-state index in [-0.39, 0.29) is 17.9 Å². The Morgan fingerprint density at radius 2 is 2.10 bits per heavy atom. The van der Waals surface area contributed by atoms with Crippen molar-refractivity contribution < 1.29 is 14.8 Å². The Balaban J connectivity index is 2.32. The molecule has 0 saturated carbocycles. The van der Waals surface area contributed by atoms with Crippen molar-refractivity contribution in [3.8, 4) is 17.6 Å². The molecule has 106 valence electrons. The van der Waals surface area contributed by atoms with Crippen LogP contribution in [0.25, 0.3) is 0 Å².